The van der Waals surface area contributed by atoms with Gasteiger partial charge in [-0.25, -0.2) is 4.98 Å². The number of anilines is 1. The third kappa shape index (κ3) is 2.34. The van der Waals surface area contributed by atoms with Gasteiger partial charge >= 0.3 is 0 Å². The molecule has 1 fully saturated rings. The first-order valence-corrected chi connectivity index (χ1v) is 7.37. The maximum Gasteiger partial charge on any atom is 0.148 e. The number of aliphatic hydroxyl groups is 1. The Morgan fingerprint density at radius 1 is 1.38 bits per heavy atom. The van der Waals surface area contributed by atoms with E-state index in [1.54, 1.807) is 6.20 Å². The summed E-state index contributed by atoms with van der Waals surface area (Å²) in [5.41, 5.74) is 1.56. The van der Waals surface area contributed by atoms with E-state index < -0.39 is 0 Å². The standard InChI is InChI=1S/C17H19N3O/c1-11-3-6-17(12(2)21)20(11)14-4-5-15-13(9-14)7-8-19-16(15)10-18/h4-5,7-9,11-12,17,21H,3,6H2,1-2H3/t11-,12?,17-/m1/s1. The molecule has 1 aliphatic heterocycles. The van der Waals surface area contributed by atoms with Crippen LogP contribution in [0.3, 0.4) is 0 Å². The first-order chi connectivity index (χ1) is 10.1. The first kappa shape index (κ1) is 13.8. The molecule has 0 radical (unpaired) electrons. The normalized spacial score (nSPS) is 23.2. The van der Waals surface area contributed by atoms with Gasteiger partial charge in [0, 0.05) is 23.3 Å². The summed E-state index contributed by atoms with van der Waals surface area (Å²) in [7, 11) is 0. The van der Waals surface area contributed by atoms with Crippen molar-refractivity contribution >= 4 is 16.5 Å². The second kappa shape index (κ2) is 5.34. The Morgan fingerprint density at radius 3 is 2.90 bits per heavy atom. The molecule has 4 nitrogen and oxygen atoms in total. The van der Waals surface area contributed by atoms with E-state index in [0.29, 0.717) is 11.7 Å². The van der Waals surface area contributed by atoms with Crippen LogP contribution in [0.2, 0.25) is 0 Å². The second-order valence-electron chi connectivity index (χ2n) is 5.82. The molecule has 4 heteroatoms. The van der Waals surface area contributed by atoms with Crippen molar-refractivity contribution in [2.75, 3.05) is 4.90 Å². The van der Waals surface area contributed by atoms with Gasteiger partial charge in [-0.15, -0.1) is 0 Å². The van der Waals surface area contributed by atoms with Crippen LogP contribution in [0.4, 0.5) is 5.69 Å². The maximum atomic E-state index is 10.0. The highest BCUT2D eigenvalue weighted by atomic mass is 16.3. The van der Waals surface area contributed by atoms with E-state index in [2.05, 4.69) is 28.9 Å². The number of pyridine rings is 1. The zero-order valence-corrected chi connectivity index (χ0v) is 12.3. The lowest BCUT2D eigenvalue weighted by Crippen LogP contribution is -2.40. The molecule has 1 aromatic carbocycles. The molecule has 1 unspecified atom stereocenters. The van der Waals surface area contributed by atoms with Crippen molar-refractivity contribution in [2.24, 2.45) is 0 Å². The molecule has 1 N–H and O–H groups in total. The molecule has 0 amide bonds. The molecule has 3 atom stereocenters. The van der Waals surface area contributed by atoms with Crippen LogP contribution < -0.4 is 4.90 Å². The van der Waals surface area contributed by atoms with Gasteiger partial charge in [0.25, 0.3) is 0 Å². The lowest BCUT2D eigenvalue weighted by atomic mass is 10.1. The monoisotopic (exact) mass is 281 g/mol. The predicted molar refractivity (Wildman–Crippen MR) is 83.1 cm³/mol. The van der Waals surface area contributed by atoms with Gasteiger partial charge in [0.05, 0.1) is 12.1 Å². The van der Waals surface area contributed by atoms with E-state index in [1.165, 1.54) is 0 Å². The van der Waals surface area contributed by atoms with Gasteiger partial charge < -0.3 is 10.0 Å². The third-order valence-electron chi connectivity index (χ3n) is 4.42. The fourth-order valence-electron chi connectivity index (χ4n) is 3.35. The van der Waals surface area contributed by atoms with Gasteiger partial charge in [0.15, 0.2) is 0 Å². The molecule has 1 aromatic heterocycles. The summed E-state index contributed by atoms with van der Waals surface area (Å²) in [4.78, 5) is 6.40. The fourth-order valence-corrected chi connectivity index (χ4v) is 3.35. The van der Waals surface area contributed by atoms with Crippen LogP contribution >= 0.6 is 0 Å². The molecule has 21 heavy (non-hydrogen) atoms. The Hall–Kier alpha value is -2.12. The number of hydrogen-bond donors (Lipinski definition) is 1. The average molecular weight is 281 g/mol. The lowest BCUT2D eigenvalue weighted by molar-refractivity contribution is 0.163. The molecule has 1 aliphatic rings. The minimum atomic E-state index is -0.349. The molecule has 2 heterocycles. The summed E-state index contributed by atoms with van der Waals surface area (Å²) < 4.78 is 0. The first-order valence-electron chi connectivity index (χ1n) is 7.37. The molecule has 0 aliphatic carbocycles. The van der Waals surface area contributed by atoms with E-state index in [1.807, 2.05) is 25.1 Å². The Balaban J connectivity index is 2.07. The van der Waals surface area contributed by atoms with Crippen LogP contribution in [0, 0.1) is 11.3 Å². The van der Waals surface area contributed by atoms with E-state index >= 15 is 0 Å². The van der Waals surface area contributed by atoms with Crippen molar-refractivity contribution < 1.29 is 5.11 Å². The van der Waals surface area contributed by atoms with Gasteiger partial charge in [-0.3, -0.25) is 0 Å². The quantitative estimate of drug-likeness (QED) is 0.919. The summed E-state index contributed by atoms with van der Waals surface area (Å²) in [5, 5.41) is 21.0. The third-order valence-corrected chi connectivity index (χ3v) is 4.42. The summed E-state index contributed by atoms with van der Waals surface area (Å²) in [6.07, 6.45) is 3.42. The molecule has 0 bridgehead atoms. The summed E-state index contributed by atoms with van der Waals surface area (Å²) in [6.45, 7) is 4.05. The van der Waals surface area contributed by atoms with Crippen molar-refractivity contribution in [1.29, 1.82) is 5.26 Å². The van der Waals surface area contributed by atoms with Gasteiger partial charge in [-0.05, 0) is 56.3 Å². The number of hydrogen-bond acceptors (Lipinski definition) is 4. The predicted octanol–water partition coefficient (Wildman–Crippen LogP) is 2.84. The Kier molecular flexibility index (Phi) is 3.52. The van der Waals surface area contributed by atoms with Crippen LogP contribution in [-0.4, -0.2) is 28.3 Å². The average Bonchev–Trinajstić information content (AvgIpc) is 2.88. The van der Waals surface area contributed by atoms with Crippen molar-refractivity contribution in [2.45, 2.75) is 44.9 Å². The number of rotatable bonds is 2. The topological polar surface area (TPSA) is 60.1 Å². The largest absolute Gasteiger partial charge is 0.391 e. The van der Waals surface area contributed by atoms with Crippen molar-refractivity contribution in [3.05, 3.63) is 36.2 Å². The molecular formula is C17H19N3O. The minimum Gasteiger partial charge on any atom is -0.391 e. The van der Waals surface area contributed by atoms with Gasteiger partial charge in [-0.2, -0.15) is 5.26 Å². The maximum absolute atomic E-state index is 10.0. The summed E-state index contributed by atoms with van der Waals surface area (Å²) in [6, 6.07) is 10.7. The highest BCUT2D eigenvalue weighted by Crippen LogP contribution is 2.34. The van der Waals surface area contributed by atoms with Crippen molar-refractivity contribution in [3.8, 4) is 6.07 Å². The van der Waals surface area contributed by atoms with E-state index in [-0.39, 0.29) is 12.1 Å². The Bertz CT molecular complexity index is 705. The van der Waals surface area contributed by atoms with Crippen LogP contribution in [0.1, 0.15) is 32.4 Å². The summed E-state index contributed by atoms with van der Waals surface area (Å²) in [5.74, 6) is 0. The van der Waals surface area contributed by atoms with E-state index in [9.17, 15) is 5.11 Å². The summed E-state index contributed by atoms with van der Waals surface area (Å²) >= 11 is 0. The van der Waals surface area contributed by atoms with Crippen LogP contribution in [0.15, 0.2) is 30.5 Å². The lowest BCUT2D eigenvalue weighted by Gasteiger charge is -2.32. The van der Waals surface area contributed by atoms with Crippen molar-refractivity contribution in [1.82, 2.24) is 4.98 Å². The van der Waals surface area contributed by atoms with E-state index in [4.69, 9.17) is 5.26 Å². The zero-order valence-electron chi connectivity index (χ0n) is 12.3. The number of aromatic nitrogens is 1. The highest BCUT2D eigenvalue weighted by Gasteiger charge is 2.33. The highest BCUT2D eigenvalue weighted by molar-refractivity contribution is 5.89. The van der Waals surface area contributed by atoms with E-state index in [0.717, 1.165) is 29.3 Å². The van der Waals surface area contributed by atoms with Gasteiger partial charge in [0.2, 0.25) is 0 Å². The molecule has 3 rings (SSSR count). The fraction of sp³-hybridized carbons (Fsp3) is 0.412. The Labute approximate surface area is 124 Å². The zero-order chi connectivity index (χ0) is 15.0. The van der Waals surface area contributed by atoms with Gasteiger partial charge in [0.1, 0.15) is 11.8 Å². The number of nitrogens with zero attached hydrogens (tertiary/aromatic N) is 3. The smallest absolute Gasteiger partial charge is 0.148 e. The minimum absolute atomic E-state index is 0.162. The molecule has 108 valence electrons. The molecule has 2 aromatic rings. The molecule has 0 saturated carbocycles. The Morgan fingerprint density at radius 2 is 2.19 bits per heavy atom. The molecular weight excluding hydrogens is 262 g/mol. The number of benzene rings is 1. The van der Waals surface area contributed by atoms with Crippen LogP contribution in [0.5, 0.6) is 0 Å². The number of fused-ring (bicyclic) bond motifs is 1. The molecule has 1 saturated heterocycles. The molecule has 0 spiro atoms. The second-order valence-corrected chi connectivity index (χ2v) is 5.82. The van der Waals surface area contributed by atoms with Gasteiger partial charge in [-0.1, -0.05) is 0 Å². The number of nitriles is 1. The van der Waals surface area contributed by atoms with Crippen LogP contribution in [-0.2, 0) is 0 Å². The SMILES string of the molecule is CC(O)[C@H]1CC[C@@H](C)N1c1ccc2c(C#N)nccc2c1. The van der Waals surface area contributed by atoms with Crippen LogP contribution in [0.25, 0.3) is 10.8 Å². The van der Waals surface area contributed by atoms with Crippen molar-refractivity contribution in [3.63, 3.8) is 0 Å². The number of aliphatic hydroxyl groups excluding tert-OH is 1.